The van der Waals surface area contributed by atoms with Crippen LogP contribution in [0.25, 0.3) is 10.9 Å². The van der Waals surface area contributed by atoms with Crippen LogP contribution in [0.2, 0.25) is 0 Å². The number of carbonyl (C=O) groups is 1. The Morgan fingerprint density at radius 2 is 2.04 bits per heavy atom. The predicted molar refractivity (Wildman–Crippen MR) is 87.5 cm³/mol. The first-order chi connectivity index (χ1) is 10.8. The molecule has 2 rings (SSSR count). The van der Waals surface area contributed by atoms with E-state index in [9.17, 15) is 9.90 Å². The molecule has 0 aliphatic heterocycles. The Labute approximate surface area is 135 Å². The van der Waals surface area contributed by atoms with E-state index in [0.717, 1.165) is 5.39 Å². The second-order valence-electron chi connectivity index (χ2n) is 6.17. The van der Waals surface area contributed by atoms with Gasteiger partial charge in [0.15, 0.2) is 0 Å². The number of aliphatic hydroxyl groups is 1. The lowest BCUT2D eigenvalue weighted by Crippen LogP contribution is -2.34. The highest BCUT2D eigenvalue weighted by atomic mass is 16.6. The van der Waals surface area contributed by atoms with E-state index in [1.807, 2.05) is 18.2 Å². The summed E-state index contributed by atoms with van der Waals surface area (Å²) < 4.78 is 10.3. The third-order valence-electron chi connectivity index (χ3n) is 3.13. The van der Waals surface area contributed by atoms with Crippen LogP contribution in [-0.2, 0) is 4.74 Å². The van der Waals surface area contributed by atoms with Crippen LogP contribution in [-0.4, -0.2) is 35.4 Å². The lowest BCUT2D eigenvalue weighted by atomic mass is 10.0. The van der Waals surface area contributed by atoms with Crippen molar-refractivity contribution in [2.75, 3.05) is 13.7 Å². The smallest absolute Gasteiger partial charge is 0.407 e. The third-order valence-corrected chi connectivity index (χ3v) is 3.13. The molecule has 1 aromatic heterocycles. The number of benzene rings is 1. The number of carbonyl (C=O) groups excluding carboxylic acids is 1. The molecular weight excluding hydrogens is 296 g/mol. The van der Waals surface area contributed by atoms with E-state index in [2.05, 4.69) is 10.3 Å². The quantitative estimate of drug-likeness (QED) is 0.906. The summed E-state index contributed by atoms with van der Waals surface area (Å²) in [5.74, 6) is 0.470. The van der Waals surface area contributed by atoms with Gasteiger partial charge in [0, 0.05) is 17.0 Å². The van der Waals surface area contributed by atoms with Gasteiger partial charge in [0.1, 0.15) is 5.60 Å². The first-order valence-corrected chi connectivity index (χ1v) is 7.39. The molecule has 23 heavy (non-hydrogen) atoms. The van der Waals surface area contributed by atoms with Crippen LogP contribution in [0.15, 0.2) is 30.3 Å². The van der Waals surface area contributed by atoms with Crippen LogP contribution in [0.4, 0.5) is 4.79 Å². The fraction of sp³-hybridized carbons (Fsp3) is 0.412. The lowest BCUT2D eigenvalue weighted by Gasteiger charge is -2.21. The van der Waals surface area contributed by atoms with E-state index in [-0.39, 0.29) is 6.54 Å². The molecule has 6 nitrogen and oxygen atoms in total. The van der Waals surface area contributed by atoms with E-state index in [4.69, 9.17) is 9.47 Å². The number of nitrogens with zero attached hydrogens (tertiary/aromatic N) is 1. The number of rotatable bonds is 4. The number of ether oxygens (including phenoxy) is 2. The molecular formula is C17H22N2O4. The van der Waals surface area contributed by atoms with Crippen molar-refractivity contribution in [2.24, 2.45) is 0 Å². The molecule has 0 radical (unpaired) electrons. The number of aliphatic hydroxyl groups excluding tert-OH is 1. The summed E-state index contributed by atoms with van der Waals surface area (Å²) in [5.41, 5.74) is 0.687. The molecule has 0 fully saturated rings. The van der Waals surface area contributed by atoms with Crippen LogP contribution in [0.3, 0.4) is 0 Å². The second kappa shape index (κ2) is 6.83. The van der Waals surface area contributed by atoms with E-state index in [0.29, 0.717) is 17.0 Å². The Kier molecular flexibility index (Phi) is 5.05. The molecule has 0 saturated carbocycles. The van der Waals surface area contributed by atoms with E-state index < -0.39 is 17.8 Å². The highest BCUT2D eigenvalue weighted by molar-refractivity contribution is 5.82. The summed E-state index contributed by atoms with van der Waals surface area (Å²) in [4.78, 5) is 16.1. The minimum absolute atomic E-state index is 0.0346. The van der Waals surface area contributed by atoms with Crippen molar-refractivity contribution < 1.29 is 19.4 Å². The average molecular weight is 318 g/mol. The van der Waals surface area contributed by atoms with Gasteiger partial charge in [0.2, 0.25) is 5.88 Å². The lowest BCUT2D eigenvalue weighted by molar-refractivity contribution is 0.0492. The van der Waals surface area contributed by atoms with Gasteiger partial charge < -0.3 is 19.9 Å². The number of amides is 1. The Hall–Kier alpha value is -2.34. The molecule has 0 aliphatic rings. The monoisotopic (exact) mass is 318 g/mol. The van der Waals surface area contributed by atoms with Gasteiger partial charge >= 0.3 is 6.09 Å². The minimum Gasteiger partial charge on any atom is -0.481 e. The zero-order valence-electron chi connectivity index (χ0n) is 13.8. The number of alkyl carbamates (subject to hydrolysis) is 1. The topological polar surface area (TPSA) is 80.7 Å². The van der Waals surface area contributed by atoms with Crippen molar-refractivity contribution >= 4 is 17.0 Å². The second-order valence-corrected chi connectivity index (χ2v) is 6.17. The fourth-order valence-corrected chi connectivity index (χ4v) is 2.14. The van der Waals surface area contributed by atoms with Crippen molar-refractivity contribution in [3.8, 4) is 5.88 Å². The van der Waals surface area contributed by atoms with Crippen LogP contribution in [0.1, 0.15) is 32.4 Å². The van der Waals surface area contributed by atoms with Crippen molar-refractivity contribution in [1.82, 2.24) is 10.3 Å². The van der Waals surface area contributed by atoms with Gasteiger partial charge in [0.25, 0.3) is 0 Å². The largest absolute Gasteiger partial charge is 0.481 e. The maximum absolute atomic E-state index is 11.7. The van der Waals surface area contributed by atoms with Crippen molar-refractivity contribution in [3.05, 3.63) is 35.9 Å². The van der Waals surface area contributed by atoms with Crippen LogP contribution >= 0.6 is 0 Å². The Balaban J connectivity index is 2.14. The van der Waals surface area contributed by atoms with Crippen molar-refractivity contribution in [1.29, 1.82) is 0 Å². The maximum Gasteiger partial charge on any atom is 0.407 e. The summed E-state index contributed by atoms with van der Waals surface area (Å²) in [6.45, 7) is 5.38. The maximum atomic E-state index is 11.7. The van der Waals surface area contributed by atoms with Crippen LogP contribution in [0.5, 0.6) is 5.88 Å². The molecule has 0 bridgehead atoms. The highest BCUT2D eigenvalue weighted by Gasteiger charge is 2.18. The molecule has 1 heterocycles. The molecule has 6 heteroatoms. The Bertz CT molecular complexity index is 695. The van der Waals surface area contributed by atoms with Crippen molar-refractivity contribution in [3.63, 3.8) is 0 Å². The molecule has 1 atom stereocenters. The first kappa shape index (κ1) is 17.0. The summed E-state index contributed by atoms with van der Waals surface area (Å²) in [5, 5.41) is 13.8. The molecule has 2 N–H and O–H groups in total. The molecule has 0 saturated heterocycles. The van der Waals surface area contributed by atoms with E-state index in [1.165, 1.54) is 7.11 Å². The predicted octanol–water partition coefficient (Wildman–Crippen LogP) is 2.80. The standard InChI is InChI=1S/C17H22N2O4/c1-17(2,3)23-16(21)18-10-13(20)12-7-5-6-11-8-9-14(22-4)19-15(11)12/h5-9,13,20H,10H2,1-4H3,(H,18,21)/t13-/m0/s1. The van der Waals surface area contributed by atoms with Crippen LogP contribution < -0.4 is 10.1 Å². The third kappa shape index (κ3) is 4.56. The van der Waals surface area contributed by atoms with Gasteiger partial charge in [0.05, 0.1) is 25.3 Å². The number of methoxy groups -OCH3 is 1. The first-order valence-electron chi connectivity index (χ1n) is 7.39. The molecule has 1 amide bonds. The zero-order chi connectivity index (χ0) is 17.0. The Morgan fingerprint density at radius 1 is 1.30 bits per heavy atom. The fourth-order valence-electron chi connectivity index (χ4n) is 2.14. The molecule has 0 aliphatic carbocycles. The van der Waals surface area contributed by atoms with Crippen molar-refractivity contribution in [2.45, 2.75) is 32.5 Å². The molecule has 0 spiro atoms. The van der Waals surface area contributed by atoms with Gasteiger partial charge in [-0.25, -0.2) is 9.78 Å². The van der Waals surface area contributed by atoms with Crippen LogP contribution in [0, 0.1) is 0 Å². The number of aromatic nitrogens is 1. The summed E-state index contributed by atoms with van der Waals surface area (Å²) in [6, 6.07) is 9.15. The molecule has 124 valence electrons. The number of para-hydroxylation sites is 1. The molecule has 1 aromatic carbocycles. The normalized spacial score (nSPS) is 12.7. The van der Waals surface area contributed by atoms with E-state index >= 15 is 0 Å². The summed E-state index contributed by atoms with van der Waals surface area (Å²) in [6.07, 6.45) is -1.46. The number of pyridine rings is 1. The minimum atomic E-state index is -0.897. The van der Waals surface area contributed by atoms with Gasteiger partial charge in [-0.1, -0.05) is 18.2 Å². The average Bonchev–Trinajstić information content (AvgIpc) is 2.49. The number of nitrogens with one attached hydrogen (secondary N) is 1. The van der Waals surface area contributed by atoms with Gasteiger partial charge in [-0.05, 0) is 26.8 Å². The van der Waals surface area contributed by atoms with Gasteiger partial charge in [-0.3, -0.25) is 0 Å². The molecule has 2 aromatic rings. The SMILES string of the molecule is COc1ccc2cccc([C@@H](O)CNC(=O)OC(C)(C)C)c2n1. The Morgan fingerprint density at radius 3 is 2.70 bits per heavy atom. The van der Waals surface area contributed by atoms with Gasteiger partial charge in [-0.2, -0.15) is 0 Å². The summed E-state index contributed by atoms with van der Waals surface area (Å²) >= 11 is 0. The summed E-state index contributed by atoms with van der Waals surface area (Å²) in [7, 11) is 1.54. The molecule has 0 unspecified atom stereocenters. The number of fused-ring (bicyclic) bond motifs is 1. The van der Waals surface area contributed by atoms with E-state index in [1.54, 1.807) is 32.9 Å². The van der Waals surface area contributed by atoms with Gasteiger partial charge in [-0.15, -0.1) is 0 Å². The zero-order valence-corrected chi connectivity index (χ0v) is 13.8. The highest BCUT2D eigenvalue weighted by Crippen LogP contribution is 2.24. The number of hydrogen-bond donors (Lipinski definition) is 2. The number of hydrogen-bond acceptors (Lipinski definition) is 5.